The van der Waals surface area contributed by atoms with Crippen LogP contribution in [0.2, 0.25) is 0 Å². The van der Waals surface area contributed by atoms with Crippen LogP contribution >= 0.6 is 0 Å². The molecule has 0 unspecified atom stereocenters. The van der Waals surface area contributed by atoms with E-state index in [1.807, 2.05) is 0 Å². The molecule has 1 saturated carbocycles. The van der Waals surface area contributed by atoms with E-state index in [2.05, 4.69) is 53.9 Å². The summed E-state index contributed by atoms with van der Waals surface area (Å²) in [5.74, 6) is 0.579. The van der Waals surface area contributed by atoms with Crippen molar-refractivity contribution in [2.75, 3.05) is 29.9 Å². The second-order valence-corrected chi connectivity index (χ2v) is 13.0. The number of benzene rings is 1. The highest BCUT2D eigenvalue weighted by Crippen LogP contribution is 2.29. The Labute approximate surface area is 189 Å². The van der Waals surface area contributed by atoms with Crippen molar-refractivity contribution < 1.29 is 13.2 Å². The summed E-state index contributed by atoms with van der Waals surface area (Å²) in [5, 5.41) is 3.64. The molecule has 1 heterocycles. The molecule has 31 heavy (non-hydrogen) atoms. The van der Waals surface area contributed by atoms with E-state index < -0.39 is 14.8 Å². The number of rotatable bonds is 6. The lowest BCUT2D eigenvalue weighted by Gasteiger charge is -2.37. The zero-order valence-corrected chi connectivity index (χ0v) is 20.9. The predicted molar refractivity (Wildman–Crippen MR) is 129 cm³/mol. The second-order valence-electron chi connectivity index (χ2n) is 10.5. The summed E-state index contributed by atoms with van der Waals surface area (Å²) in [6, 6.07) is 6.74. The van der Waals surface area contributed by atoms with Crippen LogP contribution in [0.15, 0.2) is 18.2 Å². The second kappa shape index (κ2) is 9.67. The lowest BCUT2D eigenvalue weighted by atomic mass is 9.86. The Hall–Kier alpha value is -1.31. The van der Waals surface area contributed by atoms with Crippen molar-refractivity contribution in [3.05, 3.63) is 23.8 Å². The Morgan fingerprint density at radius 2 is 1.68 bits per heavy atom. The molecule has 2 atom stereocenters. The molecule has 0 amide bonds. The highest BCUT2D eigenvalue weighted by Gasteiger charge is 2.32. The van der Waals surface area contributed by atoms with Crippen LogP contribution in [-0.4, -0.2) is 51.0 Å². The van der Waals surface area contributed by atoms with Gasteiger partial charge in [-0.1, -0.05) is 0 Å². The molecule has 1 aromatic rings. The van der Waals surface area contributed by atoms with E-state index in [-0.39, 0.29) is 18.2 Å². The maximum absolute atomic E-state index is 12.4. The molecule has 2 aliphatic rings. The Morgan fingerprint density at radius 3 is 2.23 bits per heavy atom. The largest absolute Gasteiger partial charge is 0.385 e. The van der Waals surface area contributed by atoms with E-state index in [4.69, 9.17) is 4.74 Å². The molecule has 1 aromatic carbocycles. The normalized spacial score (nSPS) is 27.9. The van der Waals surface area contributed by atoms with Crippen LogP contribution in [-0.2, 0) is 14.8 Å². The molecular weight excluding hydrogens is 410 g/mol. The summed E-state index contributed by atoms with van der Waals surface area (Å²) >= 11 is 0. The van der Waals surface area contributed by atoms with Crippen LogP contribution in [0.25, 0.3) is 0 Å². The average Bonchev–Trinajstić information content (AvgIpc) is 2.66. The van der Waals surface area contributed by atoms with Crippen LogP contribution in [0.5, 0.6) is 0 Å². The molecule has 1 saturated heterocycles. The molecule has 1 aliphatic carbocycles. The van der Waals surface area contributed by atoms with Gasteiger partial charge in [0.25, 0.3) is 0 Å². The molecule has 0 aromatic heterocycles. The van der Waals surface area contributed by atoms with E-state index in [0.29, 0.717) is 5.92 Å². The number of ether oxygens (including phenoxy) is 1. The number of morpholine rings is 1. The molecule has 0 bridgehead atoms. The number of nitrogens with one attached hydrogen (secondary N) is 2. The first-order chi connectivity index (χ1) is 14.4. The van der Waals surface area contributed by atoms with Crippen LogP contribution in [0.1, 0.15) is 65.9 Å². The van der Waals surface area contributed by atoms with Gasteiger partial charge >= 0.3 is 0 Å². The SMILES string of the molecule is Cc1cc(N2C[C@@H](C)O[C@@H](C)C2)ccc1NCC1CCC(NS(=O)(=O)C(C)(C)C)CC1. The minimum absolute atomic E-state index is 0.0693. The molecule has 176 valence electrons. The van der Waals surface area contributed by atoms with Gasteiger partial charge in [0.1, 0.15) is 0 Å². The summed E-state index contributed by atoms with van der Waals surface area (Å²) in [4.78, 5) is 2.41. The van der Waals surface area contributed by atoms with Gasteiger partial charge in [0.15, 0.2) is 0 Å². The average molecular weight is 452 g/mol. The number of aryl methyl sites for hydroxylation is 1. The van der Waals surface area contributed by atoms with Gasteiger partial charge in [-0.05, 0) is 96.9 Å². The van der Waals surface area contributed by atoms with E-state index in [1.165, 1.54) is 16.9 Å². The first-order valence-electron chi connectivity index (χ1n) is 11.7. The van der Waals surface area contributed by atoms with Gasteiger partial charge in [-0.25, -0.2) is 13.1 Å². The summed E-state index contributed by atoms with van der Waals surface area (Å²) in [6.07, 6.45) is 4.42. The Kier molecular flexibility index (Phi) is 7.59. The first-order valence-corrected chi connectivity index (χ1v) is 13.2. The highest BCUT2D eigenvalue weighted by atomic mass is 32.2. The molecular formula is C24H41N3O3S. The van der Waals surface area contributed by atoms with E-state index in [9.17, 15) is 8.42 Å². The summed E-state index contributed by atoms with van der Waals surface area (Å²) in [7, 11) is -3.27. The molecule has 3 rings (SSSR count). The fourth-order valence-electron chi connectivity index (χ4n) is 4.57. The maximum atomic E-state index is 12.4. The number of nitrogens with zero attached hydrogens (tertiary/aromatic N) is 1. The lowest BCUT2D eigenvalue weighted by Crippen LogP contribution is -2.46. The molecule has 0 spiro atoms. The van der Waals surface area contributed by atoms with Gasteiger partial charge in [0, 0.05) is 37.1 Å². The van der Waals surface area contributed by atoms with Crippen molar-refractivity contribution in [3.63, 3.8) is 0 Å². The van der Waals surface area contributed by atoms with Crippen LogP contribution in [0.4, 0.5) is 11.4 Å². The predicted octanol–water partition coefficient (Wildman–Crippen LogP) is 4.30. The molecule has 2 fully saturated rings. The van der Waals surface area contributed by atoms with Gasteiger partial charge in [0.2, 0.25) is 10.0 Å². The van der Waals surface area contributed by atoms with Crippen molar-refractivity contribution in [1.29, 1.82) is 0 Å². The quantitative estimate of drug-likeness (QED) is 0.675. The summed E-state index contributed by atoms with van der Waals surface area (Å²) < 4.78 is 32.8. The van der Waals surface area contributed by atoms with Crippen molar-refractivity contribution in [2.45, 2.75) is 90.2 Å². The first kappa shape index (κ1) is 24.3. The van der Waals surface area contributed by atoms with Crippen molar-refractivity contribution in [1.82, 2.24) is 4.72 Å². The maximum Gasteiger partial charge on any atom is 0.216 e. The van der Waals surface area contributed by atoms with Gasteiger partial charge in [0.05, 0.1) is 17.0 Å². The van der Waals surface area contributed by atoms with Crippen molar-refractivity contribution in [2.24, 2.45) is 5.92 Å². The molecule has 7 heteroatoms. The number of hydrogen-bond donors (Lipinski definition) is 2. The van der Waals surface area contributed by atoms with Gasteiger partial charge in [-0.3, -0.25) is 0 Å². The molecule has 6 nitrogen and oxygen atoms in total. The van der Waals surface area contributed by atoms with Gasteiger partial charge < -0.3 is 15.0 Å². The zero-order chi connectivity index (χ0) is 22.8. The topological polar surface area (TPSA) is 70.7 Å². The number of hydrogen-bond acceptors (Lipinski definition) is 5. The summed E-state index contributed by atoms with van der Waals surface area (Å²) in [6.45, 7) is 14.5. The minimum Gasteiger partial charge on any atom is -0.385 e. The Bertz CT molecular complexity index is 832. The van der Waals surface area contributed by atoms with E-state index in [0.717, 1.165) is 45.3 Å². The van der Waals surface area contributed by atoms with Crippen LogP contribution in [0, 0.1) is 12.8 Å². The van der Waals surface area contributed by atoms with Gasteiger partial charge in [-0.2, -0.15) is 0 Å². The standard InChI is InChI=1S/C24H41N3O3S/c1-17-13-22(27-15-18(2)30-19(3)16-27)11-12-23(17)25-14-20-7-9-21(10-8-20)26-31(28,29)24(4,5)6/h11-13,18-21,25-26H,7-10,14-16H2,1-6H3/t18-,19+,20?,21?. The zero-order valence-electron chi connectivity index (χ0n) is 20.1. The molecule has 0 radical (unpaired) electrons. The van der Waals surface area contributed by atoms with Crippen molar-refractivity contribution >= 4 is 21.4 Å². The van der Waals surface area contributed by atoms with E-state index >= 15 is 0 Å². The third-order valence-corrected chi connectivity index (χ3v) is 8.81. The Morgan fingerprint density at radius 1 is 1.06 bits per heavy atom. The Balaban J connectivity index is 1.49. The number of anilines is 2. The highest BCUT2D eigenvalue weighted by molar-refractivity contribution is 7.90. The lowest BCUT2D eigenvalue weighted by molar-refractivity contribution is -0.00522. The summed E-state index contributed by atoms with van der Waals surface area (Å²) in [5.41, 5.74) is 3.71. The number of sulfonamides is 1. The van der Waals surface area contributed by atoms with E-state index in [1.54, 1.807) is 20.8 Å². The van der Waals surface area contributed by atoms with Crippen LogP contribution in [0.3, 0.4) is 0 Å². The smallest absolute Gasteiger partial charge is 0.216 e. The fraction of sp³-hybridized carbons (Fsp3) is 0.750. The minimum atomic E-state index is -3.27. The van der Waals surface area contributed by atoms with Crippen molar-refractivity contribution in [3.8, 4) is 0 Å². The molecule has 2 N–H and O–H groups in total. The third kappa shape index (κ3) is 6.36. The fourth-order valence-corrected chi connectivity index (χ4v) is 5.59. The van der Waals surface area contributed by atoms with Crippen LogP contribution < -0.4 is 14.9 Å². The van der Waals surface area contributed by atoms with Gasteiger partial charge in [-0.15, -0.1) is 0 Å². The molecule has 1 aliphatic heterocycles. The monoisotopic (exact) mass is 451 g/mol. The third-order valence-electron chi connectivity index (χ3n) is 6.55.